The third-order valence-electron chi connectivity index (χ3n) is 3.30. The summed E-state index contributed by atoms with van der Waals surface area (Å²) in [4.78, 5) is 5.70. The van der Waals surface area contributed by atoms with Crippen molar-refractivity contribution in [2.24, 2.45) is 4.99 Å². The maximum absolute atomic E-state index is 6.28. The van der Waals surface area contributed by atoms with Crippen LogP contribution >= 0.6 is 23.4 Å². The molecule has 0 radical (unpaired) electrons. The van der Waals surface area contributed by atoms with Crippen LogP contribution in [0.1, 0.15) is 25.8 Å². The van der Waals surface area contributed by atoms with Crippen molar-refractivity contribution in [1.82, 2.24) is 0 Å². The minimum Gasteiger partial charge on any atom is -0.489 e. The van der Waals surface area contributed by atoms with E-state index in [1.54, 1.807) is 11.8 Å². The Bertz CT molecular complexity index is 657. The summed E-state index contributed by atoms with van der Waals surface area (Å²) in [6.07, 6.45) is 4.98. The average molecular weight is 334 g/mol. The van der Waals surface area contributed by atoms with E-state index in [9.17, 15) is 0 Å². The average Bonchev–Trinajstić information content (AvgIpc) is 2.55. The topological polar surface area (TPSA) is 21.6 Å². The van der Waals surface area contributed by atoms with Crippen LogP contribution in [0.3, 0.4) is 0 Å². The summed E-state index contributed by atoms with van der Waals surface area (Å²) in [5.74, 6) is 0.720. The fourth-order valence-corrected chi connectivity index (χ4v) is 2.65. The normalized spacial score (nSPS) is 12.5. The molecule has 0 fully saturated rings. The third-order valence-corrected chi connectivity index (χ3v) is 4.38. The van der Waals surface area contributed by atoms with Gasteiger partial charge in [-0.25, -0.2) is 0 Å². The molecule has 0 amide bonds. The van der Waals surface area contributed by atoms with Gasteiger partial charge in [0, 0.05) is 11.1 Å². The number of hydrogen-bond acceptors (Lipinski definition) is 3. The molecule has 22 heavy (non-hydrogen) atoms. The van der Waals surface area contributed by atoms with Crippen LogP contribution in [0.5, 0.6) is 5.75 Å². The maximum atomic E-state index is 6.28. The smallest absolute Gasteiger partial charge is 0.138 e. The zero-order valence-corrected chi connectivity index (χ0v) is 14.6. The van der Waals surface area contributed by atoms with Crippen molar-refractivity contribution in [2.45, 2.75) is 31.3 Å². The minimum atomic E-state index is 0.158. The molecule has 0 unspecified atom stereocenters. The van der Waals surface area contributed by atoms with Gasteiger partial charge >= 0.3 is 0 Å². The second-order valence-electron chi connectivity index (χ2n) is 4.96. The van der Waals surface area contributed by atoms with E-state index in [2.05, 4.69) is 18.0 Å². The standard InChI is InChI=1S/C18H20ClNOS/c1-4-13(2)21-17-10-9-14(11-15(17)19)12-20-16-7-5-6-8-18(16)22-3/h5-13H,4H2,1-3H3/t13-/m0/s1. The van der Waals surface area contributed by atoms with Crippen molar-refractivity contribution in [3.8, 4) is 5.75 Å². The van der Waals surface area contributed by atoms with Gasteiger partial charge in [0.05, 0.1) is 16.8 Å². The van der Waals surface area contributed by atoms with Crippen LogP contribution in [0.15, 0.2) is 52.4 Å². The number of nitrogens with zero attached hydrogens (tertiary/aromatic N) is 1. The highest BCUT2D eigenvalue weighted by molar-refractivity contribution is 7.98. The number of hydrogen-bond donors (Lipinski definition) is 0. The highest BCUT2D eigenvalue weighted by atomic mass is 35.5. The third kappa shape index (κ3) is 4.52. The van der Waals surface area contributed by atoms with Crippen LogP contribution in [0.4, 0.5) is 5.69 Å². The Hall–Kier alpha value is -1.45. The first-order valence-corrected chi connectivity index (χ1v) is 8.87. The Morgan fingerprint density at radius 3 is 2.73 bits per heavy atom. The lowest BCUT2D eigenvalue weighted by Crippen LogP contribution is -2.09. The minimum absolute atomic E-state index is 0.158. The lowest BCUT2D eigenvalue weighted by atomic mass is 10.2. The van der Waals surface area contributed by atoms with Crippen molar-refractivity contribution in [1.29, 1.82) is 0 Å². The van der Waals surface area contributed by atoms with Gasteiger partial charge < -0.3 is 4.74 Å². The molecule has 0 aromatic heterocycles. The highest BCUT2D eigenvalue weighted by Gasteiger charge is 2.06. The van der Waals surface area contributed by atoms with E-state index in [0.717, 1.165) is 28.3 Å². The van der Waals surface area contributed by atoms with Crippen molar-refractivity contribution in [2.75, 3.05) is 6.26 Å². The summed E-state index contributed by atoms with van der Waals surface area (Å²) in [5.41, 5.74) is 1.92. The van der Waals surface area contributed by atoms with Crippen LogP contribution in [-0.2, 0) is 0 Å². The predicted octanol–water partition coefficient (Wildman–Crippen LogP) is 5.99. The second-order valence-corrected chi connectivity index (χ2v) is 6.21. The molecule has 0 saturated carbocycles. The number of ether oxygens (including phenoxy) is 1. The van der Waals surface area contributed by atoms with Crippen LogP contribution in [0.25, 0.3) is 0 Å². The zero-order chi connectivity index (χ0) is 15.9. The molecular weight excluding hydrogens is 314 g/mol. The van der Waals surface area contributed by atoms with Crippen molar-refractivity contribution in [3.05, 3.63) is 53.1 Å². The zero-order valence-electron chi connectivity index (χ0n) is 13.0. The predicted molar refractivity (Wildman–Crippen MR) is 97.3 cm³/mol. The van der Waals surface area contributed by atoms with Gasteiger partial charge in [-0.2, -0.15) is 0 Å². The molecular formula is C18H20ClNOS. The Morgan fingerprint density at radius 1 is 1.27 bits per heavy atom. The summed E-state index contributed by atoms with van der Waals surface area (Å²) >= 11 is 7.97. The van der Waals surface area contributed by atoms with Crippen molar-refractivity contribution >= 4 is 35.3 Å². The fraction of sp³-hybridized carbons (Fsp3) is 0.278. The summed E-state index contributed by atoms with van der Waals surface area (Å²) in [5, 5.41) is 0.613. The molecule has 4 heteroatoms. The van der Waals surface area contributed by atoms with Gasteiger partial charge in [-0.15, -0.1) is 11.8 Å². The van der Waals surface area contributed by atoms with Crippen LogP contribution in [-0.4, -0.2) is 18.6 Å². The molecule has 0 aliphatic heterocycles. The first-order chi connectivity index (χ1) is 10.6. The number of aliphatic imine (C=N–C) groups is 1. The van der Waals surface area contributed by atoms with Gasteiger partial charge in [-0.3, -0.25) is 4.99 Å². The monoisotopic (exact) mass is 333 g/mol. The van der Waals surface area contributed by atoms with E-state index in [1.165, 1.54) is 0 Å². The van der Waals surface area contributed by atoms with E-state index >= 15 is 0 Å². The van der Waals surface area contributed by atoms with Gasteiger partial charge in [-0.1, -0.05) is 30.7 Å². The maximum Gasteiger partial charge on any atom is 0.138 e. The van der Waals surface area contributed by atoms with E-state index in [4.69, 9.17) is 16.3 Å². The highest BCUT2D eigenvalue weighted by Crippen LogP contribution is 2.29. The van der Waals surface area contributed by atoms with Crippen molar-refractivity contribution in [3.63, 3.8) is 0 Å². The van der Waals surface area contributed by atoms with Crippen LogP contribution < -0.4 is 4.74 Å². The van der Waals surface area contributed by atoms with E-state index in [-0.39, 0.29) is 6.10 Å². The summed E-state index contributed by atoms with van der Waals surface area (Å²) in [6.45, 7) is 4.12. The number of thioether (sulfide) groups is 1. The second kappa shape index (κ2) is 8.25. The summed E-state index contributed by atoms with van der Waals surface area (Å²) in [7, 11) is 0. The summed E-state index contributed by atoms with van der Waals surface area (Å²) < 4.78 is 5.77. The molecule has 0 aliphatic rings. The van der Waals surface area contributed by atoms with E-state index in [1.807, 2.05) is 55.8 Å². The SMILES string of the molecule is CC[C@H](C)Oc1ccc(C=Nc2ccccc2SC)cc1Cl. The number of para-hydroxylation sites is 1. The molecule has 2 aromatic rings. The number of halogens is 1. The Balaban J connectivity index is 2.17. The molecule has 0 heterocycles. The molecule has 0 bridgehead atoms. The molecule has 0 aliphatic carbocycles. The van der Waals surface area contributed by atoms with Gasteiger partial charge in [0.2, 0.25) is 0 Å². The first kappa shape index (κ1) is 16.9. The largest absolute Gasteiger partial charge is 0.489 e. The Labute approximate surface area is 141 Å². The quantitative estimate of drug-likeness (QED) is 0.478. The molecule has 2 aromatic carbocycles. The first-order valence-electron chi connectivity index (χ1n) is 7.27. The summed E-state index contributed by atoms with van der Waals surface area (Å²) in [6, 6.07) is 13.8. The van der Waals surface area contributed by atoms with E-state index in [0.29, 0.717) is 5.02 Å². The Kier molecular flexibility index (Phi) is 6.34. The van der Waals surface area contributed by atoms with E-state index < -0.39 is 0 Å². The molecule has 2 rings (SSSR count). The number of rotatable bonds is 6. The molecule has 116 valence electrons. The van der Waals surface area contributed by atoms with Crippen LogP contribution in [0.2, 0.25) is 5.02 Å². The van der Waals surface area contributed by atoms with Gasteiger partial charge in [-0.05, 0) is 55.5 Å². The van der Waals surface area contributed by atoms with Crippen LogP contribution in [0, 0.1) is 0 Å². The van der Waals surface area contributed by atoms with Crippen molar-refractivity contribution < 1.29 is 4.74 Å². The molecule has 0 spiro atoms. The Morgan fingerprint density at radius 2 is 2.05 bits per heavy atom. The lowest BCUT2D eigenvalue weighted by molar-refractivity contribution is 0.217. The lowest BCUT2D eigenvalue weighted by Gasteiger charge is -2.13. The molecule has 0 saturated heterocycles. The fourth-order valence-electron chi connectivity index (χ4n) is 1.87. The number of benzene rings is 2. The molecule has 0 N–H and O–H groups in total. The van der Waals surface area contributed by atoms with Gasteiger partial charge in [0.25, 0.3) is 0 Å². The molecule has 2 nitrogen and oxygen atoms in total. The molecule has 1 atom stereocenters. The van der Waals surface area contributed by atoms with Gasteiger partial charge in [0.15, 0.2) is 0 Å². The van der Waals surface area contributed by atoms with Gasteiger partial charge in [0.1, 0.15) is 5.75 Å².